The first kappa shape index (κ1) is 12.3. The standard InChI is InChI=1S/C12H10N4O4/c17-12(18)10-13-11(7-1-2-7)15(14-10)8-3-5-9(6-4-8)16(19)20/h3-7H,1-2H2,(H,17,18). The van der Waals surface area contributed by atoms with Gasteiger partial charge in [0.15, 0.2) is 0 Å². The first-order valence-corrected chi connectivity index (χ1v) is 6.01. The largest absolute Gasteiger partial charge is 0.475 e. The highest BCUT2D eigenvalue weighted by molar-refractivity contribution is 5.83. The van der Waals surface area contributed by atoms with E-state index in [-0.39, 0.29) is 17.4 Å². The molecule has 1 aromatic carbocycles. The van der Waals surface area contributed by atoms with Crippen molar-refractivity contribution >= 4 is 11.7 Å². The number of aromatic carboxylic acids is 1. The van der Waals surface area contributed by atoms with Crippen LogP contribution in [0, 0.1) is 10.1 Å². The van der Waals surface area contributed by atoms with Gasteiger partial charge in [-0.3, -0.25) is 10.1 Å². The van der Waals surface area contributed by atoms with Crippen LogP contribution >= 0.6 is 0 Å². The van der Waals surface area contributed by atoms with E-state index in [1.165, 1.54) is 28.9 Å². The third-order valence-electron chi connectivity index (χ3n) is 3.07. The van der Waals surface area contributed by atoms with E-state index in [0.717, 1.165) is 12.8 Å². The average Bonchev–Trinajstić information content (AvgIpc) is 3.17. The molecule has 0 atom stereocenters. The molecule has 1 fully saturated rings. The number of hydrogen-bond acceptors (Lipinski definition) is 5. The van der Waals surface area contributed by atoms with Gasteiger partial charge in [0.1, 0.15) is 5.82 Å². The highest BCUT2D eigenvalue weighted by Crippen LogP contribution is 2.39. The summed E-state index contributed by atoms with van der Waals surface area (Å²) in [5, 5.41) is 23.5. The van der Waals surface area contributed by atoms with Gasteiger partial charge in [-0.1, -0.05) is 0 Å². The van der Waals surface area contributed by atoms with Crippen LogP contribution in [0.15, 0.2) is 24.3 Å². The van der Waals surface area contributed by atoms with E-state index < -0.39 is 10.9 Å². The molecule has 20 heavy (non-hydrogen) atoms. The predicted molar refractivity (Wildman–Crippen MR) is 66.9 cm³/mol. The molecule has 1 N–H and O–H groups in total. The van der Waals surface area contributed by atoms with E-state index >= 15 is 0 Å². The normalized spacial score (nSPS) is 14.2. The molecule has 0 amide bonds. The van der Waals surface area contributed by atoms with Crippen LogP contribution in [0.4, 0.5) is 5.69 Å². The second-order valence-electron chi connectivity index (χ2n) is 4.56. The highest BCUT2D eigenvalue weighted by Gasteiger charge is 2.31. The van der Waals surface area contributed by atoms with Gasteiger partial charge in [-0.05, 0) is 25.0 Å². The Morgan fingerprint density at radius 3 is 2.50 bits per heavy atom. The first-order chi connectivity index (χ1) is 9.56. The summed E-state index contributed by atoms with van der Waals surface area (Å²) in [5.41, 5.74) is 0.540. The number of nitrogens with zero attached hydrogens (tertiary/aromatic N) is 4. The zero-order valence-electron chi connectivity index (χ0n) is 10.3. The molecule has 0 aliphatic heterocycles. The smallest absolute Gasteiger partial charge is 0.375 e. The van der Waals surface area contributed by atoms with Crippen LogP contribution in [0.2, 0.25) is 0 Å². The fraction of sp³-hybridized carbons (Fsp3) is 0.250. The van der Waals surface area contributed by atoms with Crippen molar-refractivity contribution in [3.8, 4) is 5.69 Å². The van der Waals surface area contributed by atoms with Crippen LogP contribution in [0.3, 0.4) is 0 Å². The minimum absolute atomic E-state index is 0.0275. The van der Waals surface area contributed by atoms with Crippen molar-refractivity contribution in [2.45, 2.75) is 18.8 Å². The fourth-order valence-corrected chi connectivity index (χ4v) is 1.93. The van der Waals surface area contributed by atoms with Crippen LogP contribution in [0.1, 0.15) is 35.2 Å². The molecule has 2 aromatic rings. The lowest BCUT2D eigenvalue weighted by molar-refractivity contribution is -0.384. The number of nitro groups is 1. The molecule has 8 nitrogen and oxygen atoms in total. The Kier molecular flexibility index (Phi) is 2.70. The van der Waals surface area contributed by atoms with E-state index in [0.29, 0.717) is 11.5 Å². The minimum atomic E-state index is -1.19. The van der Waals surface area contributed by atoms with Crippen molar-refractivity contribution in [3.63, 3.8) is 0 Å². The maximum absolute atomic E-state index is 11.0. The molecule has 0 spiro atoms. The van der Waals surface area contributed by atoms with Gasteiger partial charge in [-0.15, -0.1) is 5.10 Å². The third-order valence-corrected chi connectivity index (χ3v) is 3.07. The van der Waals surface area contributed by atoms with Crippen molar-refractivity contribution in [2.75, 3.05) is 0 Å². The number of carboxylic acid groups (broad SMARTS) is 1. The summed E-state index contributed by atoms with van der Waals surface area (Å²) in [6.45, 7) is 0. The number of nitro benzene ring substituents is 1. The molecule has 1 heterocycles. The predicted octanol–water partition coefficient (Wildman–Crippen LogP) is 1.75. The molecule has 0 unspecified atom stereocenters. The molecule has 102 valence electrons. The Labute approximate surface area is 112 Å². The Balaban J connectivity index is 2.03. The fourth-order valence-electron chi connectivity index (χ4n) is 1.93. The molecule has 8 heteroatoms. The lowest BCUT2D eigenvalue weighted by Crippen LogP contribution is -2.03. The second-order valence-corrected chi connectivity index (χ2v) is 4.56. The minimum Gasteiger partial charge on any atom is -0.475 e. The molecular formula is C12H10N4O4. The van der Waals surface area contributed by atoms with Gasteiger partial charge in [0.25, 0.3) is 11.5 Å². The molecule has 3 rings (SSSR count). The van der Waals surface area contributed by atoms with Gasteiger partial charge in [0.2, 0.25) is 0 Å². The van der Waals surface area contributed by atoms with Gasteiger partial charge in [0, 0.05) is 18.1 Å². The van der Waals surface area contributed by atoms with Crippen LogP contribution in [-0.2, 0) is 0 Å². The summed E-state index contributed by atoms with van der Waals surface area (Å²) in [7, 11) is 0. The quantitative estimate of drug-likeness (QED) is 0.671. The molecule has 0 bridgehead atoms. The summed E-state index contributed by atoms with van der Waals surface area (Å²) < 4.78 is 1.45. The number of aromatic nitrogens is 3. The number of rotatable bonds is 4. The number of non-ortho nitro benzene ring substituents is 1. The van der Waals surface area contributed by atoms with Gasteiger partial charge in [0.05, 0.1) is 10.6 Å². The zero-order chi connectivity index (χ0) is 14.3. The van der Waals surface area contributed by atoms with E-state index in [2.05, 4.69) is 10.1 Å². The number of benzene rings is 1. The summed E-state index contributed by atoms with van der Waals surface area (Å²) in [6.07, 6.45) is 1.90. The number of carboxylic acids is 1. The third kappa shape index (κ3) is 2.11. The van der Waals surface area contributed by atoms with Crippen LogP contribution in [0.5, 0.6) is 0 Å². The summed E-state index contributed by atoms with van der Waals surface area (Å²) in [6, 6.07) is 5.77. The van der Waals surface area contributed by atoms with E-state index in [9.17, 15) is 14.9 Å². The maximum Gasteiger partial charge on any atom is 0.375 e. The Morgan fingerprint density at radius 2 is 2.00 bits per heavy atom. The summed E-state index contributed by atoms with van der Waals surface area (Å²) >= 11 is 0. The molecule has 1 aliphatic carbocycles. The molecule has 0 radical (unpaired) electrons. The first-order valence-electron chi connectivity index (χ1n) is 6.01. The van der Waals surface area contributed by atoms with Crippen molar-refractivity contribution in [1.29, 1.82) is 0 Å². The van der Waals surface area contributed by atoms with Crippen molar-refractivity contribution < 1.29 is 14.8 Å². The highest BCUT2D eigenvalue weighted by atomic mass is 16.6. The zero-order valence-corrected chi connectivity index (χ0v) is 10.3. The molecular weight excluding hydrogens is 264 g/mol. The van der Waals surface area contributed by atoms with Crippen LogP contribution in [-0.4, -0.2) is 30.8 Å². The summed E-state index contributed by atoms with van der Waals surface area (Å²) in [5.74, 6) is -0.639. The van der Waals surface area contributed by atoms with Crippen molar-refractivity contribution in [2.24, 2.45) is 0 Å². The molecule has 1 saturated carbocycles. The number of carbonyl (C=O) groups is 1. The maximum atomic E-state index is 11.0. The topological polar surface area (TPSA) is 111 Å². The van der Waals surface area contributed by atoms with Gasteiger partial charge in [-0.25, -0.2) is 14.5 Å². The summed E-state index contributed by atoms with van der Waals surface area (Å²) in [4.78, 5) is 25.1. The van der Waals surface area contributed by atoms with Gasteiger partial charge in [-0.2, -0.15) is 0 Å². The molecule has 0 saturated heterocycles. The van der Waals surface area contributed by atoms with Gasteiger partial charge < -0.3 is 5.11 Å². The Bertz CT molecular complexity index is 688. The van der Waals surface area contributed by atoms with Crippen LogP contribution in [0.25, 0.3) is 5.69 Å². The lowest BCUT2D eigenvalue weighted by Gasteiger charge is -2.04. The van der Waals surface area contributed by atoms with E-state index in [1.54, 1.807) is 0 Å². The second kappa shape index (κ2) is 4.41. The van der Waals surface area contributed by atoms with Crippen LogP contribution < -0.4 is 0 Å². The van der Waals surface area contributed by atoms with E-state index in [4.69, 9.17) is 5.11 Å². The SMILES string of the molecule is O=C(O)c1nc(C2CC2)n(-c2ccc([N+](=O)[O-])cc2)n1. The monoisotopic (exact) mass is 274 g/mol. The Morgan fingerprint density at radius 1 is 1.35 bits per heavy atom. The molecule has 1 aromatic heterocycles. The number of hydrogen-bond donors (Lipinski definition) is 1. The Hall–Kier alpha value is -2.77. The molecule has 1 aliphatic rings. The average molecular weight is 274 g/mol. The van der Waals surface area contributed by atoms with Crippen molar-refractivity contribution in [3.05, 3.63) is 46.0 Å². The van der Waals surface area contributed by atoms with Gasteiger partial charge >= 0.3 is 5.97 Å². The lowest BCUT2D eigenvalue weighted by atomic mass is 10.3. The van der Waals surface area contributed by atoms with Crippen molar-refractivity contribution in [1.82, 2.24) is 14.8 Å². The van der Waals surface area contributed by atoms with E-state index in [1.807, 2.05) is 0 Å².